The molecule has 1 amide bonds. The molecule has 0 aliphatic heterocycles. The largest absolute Gasteiger partial charge is 0.452 e. The standard InChI is InChI=1S/C20H16Cl2N2O3/c1-24(11-13-6-8-14(21)9-7-13)19(25)12-27-20(26)16-10-18(22)23-17-5-3-2-4-15(16)17/h2-10H,11-12H2,1H3. The van der Waals surface area contributed by atoms with Gasteiger partial charge >= 0.3 is 5.97 Å². The maximum atomic E-state index is 12.4. The molecule has 1 aromatic heterocycles. The molecule has 0 unspecified atom stereocenters. The minimum atomic E-state index is -0.622. The van der Waals surface area contributed by atoms with Crippen molar-refractivity contribution in [3.63, 3.8) is 0 Å². The number of nitrogens with zero attached hydrogens (tertiary/aromatic N) is 2. The number of ether oxygens (including phenoxy) is 1. The second-order valence-electron chi connectivity index (χ2n) is 5.96. The molecule has 0 N–H and O–H groups in total. The van der Waals surface area contributed by atoms with Gasteiger partial charge in [0.15, 0.2) is 6.61 Å². The summed E-state index contributed by atoms with van der Waals surface area (Å²) in [7, 11) is 1.64. The van der Waals surface area contributed by atoms with Gasteiger partial charge in [-0.05, 0) is 29.8 Å². The van der Waals surface area contributed by atoms with Gasteiger partial charge in [0.25, 0.3) is 5.91 Å². The van der Waals surface area contributed by atoms with Crippen molar-refractivity contribution in [1.29, 1.82) is 0 Å². The first-order valence-corrected chi connectivity index (χ1v) is 8.90. The smallest absolute Gasteiger partial charge is 0.339 e. The van der Waals surface area contributed by atoms with Crippen molar-refractivity contribution in [1.82, 2.24) is 9.88 Å². The molecule has 1 heterocycles. The van der Waals surface area contributed by atoms with Crippen LogP contribution in [0.25, 0.3) is 10.9 Å². The second-order valence-corrected chi connectivity index (χ2v) is 6.79. The van der Waals surface area contributed by atoms with E-state index in [2.05, 4.69) is 4.98 Å². The number of fused-ring (bicyclic) bond motifs is 1. The SMILES string of the molecule is CN(Cc1ccc(Cl)cc1)C(=O)COC(=O)c1cc(Cl)nc2ccccc12. The van der Waals surface area contributed by atoms with Crippen LogP contribution in [0.2, 0.25) is 10.2 Å². The Hall–Kier alpha value is -2.63. The van der Waals surface area contributed by atoms with Gasteiger partial charge in [-0.3, -0.25) is 4.79 Å². The molecule has 7 heteroatoms. The highest BCUT2D eigenvalue weighted by atomic mass is 35.5. The maximum Gasteiger partial charge on any atom is 0.339 e. The number of esters is 1. The first kappa shape index (κ1) is 19.1. The van der Waals surface area contributed by atoms with Crippen LogP contribution < -0.4 is 0 Å². The zero-order valence-electron chi connectivity index (χ0n) is 14.5. The highest BCUT2D eigenvalue weighted by molar-refractivity contribution is 6.30. The predicted octanol–water partition coefficient (Wildman–Crippen LogP) is 4.36. The third-order valence-corrected chi connectivity index (χ3v) is 4.44. The van der Waals surface area contributed by atoms with Crippen LogP contribution in [0.3, 0.4) is 0 Å². The predicted molar refractivity (Wildman–Crippen MR) is 105 cm³/mol. The van der Waals surface area contributed by atoms with Crippen molar-refractivity contribution < 1.29 is 14.3 Å². The summed E-state index contributed by atoms with van der Waals surface area (Å²) < 4.78 is 5.19. The lowest BCUT2D eigenvalue weighted by molar-refractivity contribution is -0.133. The molecule has 0 bridgehead atoms. The minimum Gasteiger partial charge on any atom is -0.452 e. The molecule has 0 aliphatic carbocycles. The van der Waals surface area contributed by atoms with Crippen LogP contribution in [0.4, 0.5) is 0 Å². The quantitative estimate of drug-likeness (QED) is 0.469. The number of halogens is 2. The van der Waals surface area contributed by atoms with Crippen LogP contribution in [-0.2, 0) is 16.1 Å². The summed E-state index contributed by atoms with van der Waals surface area (Å²) >= 11 is 11.8. The summed E-state index contributed by atoms with van der Waals surface area (Å²) in [6, 6.07) is 15.7. The highest BCUT2D eigenvalue weighted by Crippen LogP contribution is 2.21. The van der Waals surface area contributed by atoms with Gasteiger partial charge in [-0.25, -0.2) is 9.78 Å². The van der Waals surface area contributed by atoms with E-state index >= 15 is 0 Å². The van der Waals surface area contributed by atoms with Gasteiger partial charge in [-0.2, -0.15) is 0 Å². The van der Waals surface area contributed by atoms with E-state index in [4.69, 9.17) is 27.9 Å². The van der Waals surface area contributed by atoms with Crippen LogP contribution in [0, 0.1) is 0 Å². The Kier molecular flexibility index (Phi) is 5.94. The van der Waals surface area contributed by atoms with Gasteiger partial charge in [0.1, 0.15) is 5.15 Å². The number of pyridine rings is 1. The fourth-order valence-corrected chi connectivity index (χ4v) is 2.91. The van der Waals surface area contributed by atoms with E-state index in [1.54, 1.807) is 43.4 Å². The molecule has 0 aliphatic rings. The minimum absolute atomic E-state index is 0.187. The van der Waals surface area contributed by atoms with Crippen molar-refractivity contribution >= 4 is 46.0 Å². The molecule has 0 atom stereocenters. The van der Waals surface area contributed by atoms with E-state index in [0.29, 0.717) is 22.5 Å². The van der Waals surface area contributed by atoms with Gasteiger partial charge in [-0.15, -0.1) is 0 Å². The first-order chi connectivity index (χ1) is 12.9. The van der Waals surface area contributed by atoms with Gasteiger partial charge in [-0.1, -0.05) is 53.5 Å². The molecule has 0 spiro atoms. The molecule has 0 fully saturated rings. The molecule has 2 aromatic carbocycles. The van der Waals surface area contributed by atoms with Crippen molar-refractivity contribution in [2.24, 2.45) is 0 Å². The zero-order chi connectivity index (χ0) is 19.4. The molecular formula is C20H16Cl2N2O3. The Balaban J connectivity index is 1.65. The average Bonchev–Trinajstić information content (AvgIpc) is 2.66. The van der Waals surface area contributed by atoms with Gasteiger partial charge in [0.2, 0.25) is 0 Å². The summed E-state index contributed by atoms with van der Waals surface area (Å²) in [4.78, 5) is 30.4. The molecular weight excluding hydrogens is 387 g/mol. The van der Waals surface area contributed by atoms with Crippen LogP contribution in [0.15, 0.2) is 54.6 Å². The topological polar surface area (TPSA) is 59.5 Å². The Morgan fingerprint density at radius 3 is 2.52 bits per heavy atom. The number of carbonyl (C=O) groups is 2. The molecule has 3 aromatic rings. The Morgan fingerprint density at radius 2 is 1.78 bits per heavy atom. The van der Waals surface area contributed by atoms with Gasteiger partial charge < -0.3 is 9.64 Å². The lowest BCUT2D eigenvalue weighted by Gasteiger charge is -2.17. The number of likely N-dealkylation sites (N-methyl/N-ethyl adjacent to an activating group) is 1. The third-order valence-electron chi connectivity index (χ3n) is 3.99. The summed E-state index contributed by atoms with van der Waals surface area (Å²) in [5.41, 5.74) is 1.79. The van der Waals surface area contributed by atoms with Crippen LogP contribution in [0.1, 0.15) is 15.9 Å². The average molecular weight is 403 g/mol. The molecule has 5 nitrogen and oxygen atoms in total. The van der Waals surface area contributed by atoms with E-state index in [9.17, 15) is 9.59 Å². The van der Waals surface area contributed by atoms with Crippen molar-refractivity contribution in [2.75, 3.05) is 13.7 Å². The monoisotopic (exact) mass is 402 g/mol. The number of hydrogen-bond acceptors (Lipinski definition) is 4. The fourth-order valence-electron chi connectivity index (χ4n) is 2.58. The van der Waals surface area contributed by atoms with Crippen molar-refractivity contribution in [3.8, 4) is 0 Å². The van der Waals surface area contributed by atoms with E-state index in [-0.39, 0.29) is 23.2 Å². The molecule has 27 heavy (non-hydrogen) atoms. The van der Waals surface area contributed by atoms with Crippen LogP contribution in [-0.4, -0.2) is 35.4 Å². The molecule has 138 valence electrons. The Labute approximate surface area is 166 Å². The van der Waals surface area contributed by atoms with Crippen molar-refractivity contribution in [3.05, 3.63) is 75.9 Å². The number of carbonyl (C=O) groups excluding carboxylic acids is 2. The van der Waals surface area contributed by atoms with Gasteiger partial charge in [0.05, 0.1) is 11.1 Å². The van der Waals surface area contributed by atoms with E-state index in [1.807, 2.05) is 12.1 Å². The summed E-state index contributed by atoms with van der Waals surface area (Å²) in [5.74, 6) is -0.938. The van der Waals surface area contributed by atoms with E-state index in [1.165, 1.54) is 11.0 Å². The second kappa shape index (κ2) is 8.37. The molecule has 0 saturated carbocycles. The fraction of sp³-hybridized carbons (Fsp3) is 0.150. The van der Waals surface area contributed by atoms with E-state index in [0.717, 1.165) is 5.56 Å². The van der Waals surface area contributed by atoms with E-state index < -0.39 is 5.97 Å². The normalized spacial score (nSPS) is 10.6. The summed E-state index contributed by atoms with van der Waals surface area (Å²) in [5, 5.41) is 1.44. The number of hydrogen-bond donors (Lipinski definition) is 0. The Morgan fingerprint density at radius 1 is 1.07 bits per heavy atom. The lowest BCUT2D eigenvalue weighted by Crippen LogP contribution is -2.30. The molecule has 0 radical (unpaired) electrons. The lowest BCUT2D eigenvalue weighted by atomic mass is 10.1. The van der Waals surface area contributed by atoms with Crippen molar-refractivity contribution in [2.45, 2.75) is 6.54 Å². The number of para-hydroxylation sites is 1. The highest BCUT2D eigenvalue weighted by Gasteiger charge is 2.17. The van der Waals surface area contributed by atoms with Crippen LogP contribution in [0.5, 0.6) is 0 Å². The van der Waals surface area contributed by atoms with Crippen LogP contribution >= 0.6 is 23.2 Å². The molecule has 3 rings (SSSR count). The third kappa shape index (κ3) is 4.76. The maximum absolute atomic E-state index is 12.4. The summed E-state index contributed by atoms with van der Waals surface area (Å²) in [6.45, 7) is 0.0226. The number of amides is 1. The Bertz CT molecular complexity index is 990. The molecule has 0 saturated heterocycles. The summed E-state index contributed by atoms with van der Waals surface area (Å²) in [6.07, 6.45) is 0. The number of aromatic nitrogens is 1. The first-order valence-electron chi connectivity index (χ1n) is 8.15. The zero-order valence-corrected chi connectivity index (χ0v) is 16.0. The number of rotatable bonds is 5. The van der Waals surface area contributed by atoms with Gasteiger partial charge in [0, 0.05) is 24.0 Å². The number of benzene rings is 2.